The zero-order chi connectivity index (χ0) is 20.9. The van der Waals surface area contributed by atoms with Crippen LogP contribution in [0.4, 0.5) is 0 Å². The third-order valence-electron chi connectivity index (χ3n) is 5.21. The van der Waals surface area contributed by atoms with E-state index in [1.165, 1.54) is 0 Å². The lowest BCUT2D eigenvalue weighted by Gasteiger charge is -2.44. The summed E-state index contributed by atoms with van der Waals surface area (Å²) in [6.07, 6.45) is 0.602. The van der Waals surface area contributed by atoms with Gasteiger partial charge < -0.3 is 10.1 Å². The minimum atomic E-state index is -1.69. The number of piperidine rings is 1. The Morgan fingerprint density at radius 3 is 2.10 bits per heavy atom. The summed E-state index contributed by atoms with van der Waals surface area (Å²) in [7, 11) is 0. The molecule has 0 aromatic heterocycles. The van der Waals surface area contributed by atoms with Gasteiger partial charge in [-0.25, -0.2) is 0 Å². The van der Waals surface area contributed by atoms with Gasteiger partial charge in [-0.2, -0.15) is 10.5 Å². The second-order valence-corrected chi connectivity index (χ2v) is 6.98. The Bertz CT molecular complexity index is 946. The third-order valence-corrected chi connectivity index (χ3v) is 5.21. The molecule has 1 fully saturated rings. The molecule has 3 unspecified atom stereocenters. The quantitative estimate of drug-likeness (QED) is 0.627. The van der Waals surface area contributed by atoms with Gasteiger partial charge >= 0.3 is 5.97 Å². The Kier molecular flexibility index (Phi) is 5.95. The van der Waals surface area contributed by atoms with E-state index >= 15 is 0 Å². The fourth-order valence-electron chi connectivity index (χ4n) is 3.88. The van der Waals surface area contributed by atoms with Crippen LogP contribution in [0.5, 0.6) is 0 Å². The number of ether oxygens (including phenoxy) is 1. The third kappa shape index (κ3) is 3.58. The first-order chi connectivity index (χ1) is 14.1. The van der Waals surface area contributed by atoms with Crippen molar-refractivity contribution in [2.45, 2.75) is 25.3 Å². The number of carbonyl (C=O) groups excluding carboxylic acids is 2. The highest BCUT2D eigenvalue weighted by atomic mass is 16.5. The number of nitrogens with zero attached hydrogens (tertiary/aromatic N) is 2. The molecule has 3 atom stereocenters. The molecule has 1 aliphatic rings. The van der Waals surface area contributed by atoms with Gasteiger partial charge in [-0.05, 0) is 17.5 Å². The highest BCUT2D eigenvalue weighted by molar-refractivity contribution is 6.00. The first kappa shape index (κ1) is 20.1. The van der Waals surface area contributed by atoms with Crippen LogP contribution < -0.4 is 5.32 Å². The lowest BCUT2D eigenvalue weighted by Crippen LogP contribution is -2.56. The molecule has 6 nitrogen and oxygen atoms in total. The van der Waals surface area contributed by atoms with Crippen molar-refractivity contribution in [3.8, 4) is 12.1 Å². The highest BCUT2D eigenvalue weighted by Gasteiger charge is 2.60. The van der Waals surface area contributed by atoms with Crippen molar-refractivity contribution in [1.82, 2.24) is 5.32 Å². The molecule has 6 heteroatoms. The van der Waals surface area contributed by atoms with Crippen LogP contribution in [0.25, 0.3) is 0 Å². The van der Waals surface area contributed by atoms with Crippen LogP contribution in [0, 0.1) is 34.0 Å². The molecule has 1 N–H and O–H groups in total. The zero-order valence-corrected chi connectivity index (χ0v) is 16.0. The Balaban J connectivity index is 2.19. The van der Waals surface area contributed by atoms with Gasteiger partial charge in [0.15, 0.2) is 5.41 Å². The van der Waals surface area contributed by atoms with E-state index in [1.807, 2.05) is 13.0 Å². The van der Waals surface area contributed by atoms with Crippen LogP contribution in [0.2, 0.25) is 0 Å². The molecule has 146 valence electrons. The van der Waals surface area contributed by atoms with Gasteiger partial charge in [-0.3, -0.25) is 9.59 Å². The van der Waals surface area contributed by atoms with Crippen LogP contribution in [-0.4, -0.2) is 18.5 Å². The van der Waals surface area contributed by atoms with Crippen LogP contribution in [0.1, 0.15) is 36.4 Å². The first-order valence-electron chi connectivity index (χ1n) is 9.48. The molecule has 0 aliphatic carbocycles. The van der Waals surface area contributed by atoms with E-state index in [1.54, 1.807) is 54.6 Å². The monoisotopic (exact) mass is 387 g/mol. The van der Waals surface area contributed by atoms with E-state index < -0.39 is 35.2 Å². The second-order valence-electron chi connectivity index (χ2n) is 6.98. The highest BCUT2D eigenvalue weighted by Crippen LogP contribution is 2.52. The van der Waals surface area contributed by atoms with E-state index in [0.29, 0.717) is 17.5 Å². The number of nitriles is 2. The van der Waals surface area contributed by atoms with E-state index in [0.717, 1.165) is 0 Å². The van der Waals surface area contributed by atoms with Gasteiger partial charge in [0.1, 0.15) is 5.92 Å². The molecule has 0 bridgehead atoms. The standard InChI is InChI=1S/C23H21N3O3/c1-2-13-29-22(28)18-19(16-9-5-3-6-10-16)23(14-24,15-25)20(26-21(18)27)17-11-7-4-8-12-17/h3-12,18-20H,2,13H2,1H3,(H,26,27). The number of hydrogen-bond acceptors (Lipinski definition) is 5. The fraction of sp³-hybridized carbons (Fsp3) is 0.304. The van der Waals surface area contributed by atoms with E-state index in [-0.39, 0.29) is 6.61 Å². The number of carbonyl (C=O) groups is 2. The summed E-state index contributed by atoms with van der Waals surface area (Å²) in [5.41, 5.74) is -0.484. The van der Waals surface area contributed by atoms with Crippen LogP contribution in [0.3, 0.4) is 0 Å². The molecule has 1 amide bonds. The molecular formula is C23H21N3O3. The van der Waals surface area contributed by atoms with Crippen molar-refractivity contribution in [2.75, 3.05) is 6.61 Å². The Labute approximate surface area is 169 Å². The van der Waals surface area contributed by atoms with Crippen LogP contribution in [0.15, 0.2) is 60.7 Å². The summed E-state index contributed by atoms with van der Waals surface area (Å²) in [6.45, 7) is 2.02. The maximum atomic E-state index is 13.1. The lowest BCUT2D eigenvalue weighted by atomic mass is 9.60. The van der Waals surface area contributed by atoms with E-state index in [9.17, 15) is 20.1 Å². The molecule has 0 saturated carbocycles. The SMILES string of the molecule is CCCOC(=O)C1C(=O)NC(c2ccccc2)C(C#N)(C#N)C1c1ccccc1. The summed E-state index contributed by atoms with van der Waals surface area (Å²) < 4.78 is 5.26. The summed E-state index contributed by atoms with van der Waals surface area (Å²) in [5.74, 6) is -3.53. The number of nitrogens with one attached hydrogen (secondary N) is 1. The first-order valence-corrected chi connectivity index (χ1v) is 9.48. The van der Waals surface area contributed by atoms with Crippen molar-refractivity contribution in [1.29, 1.82) is 10.5 Å². The molecule has 1 aliphatic heterocycles. The van der Waals surface area contributed by atoms with Crippen molar-refractivity contribution in [2.24, 2.45) is 11.3 Å². The summed E-state index contributed by atoms with van der Waals surface area (Å²) in [4.78, 5) is 25.9. The molecule has 3 rings (SSSR count). The van der Waals surface area contributed by atoms with Crippen molar-refractivity contribution in [3.63, 3.8) is 0 Å². The second kappa shape index (κ2) is 8.58. The van der Waals surface area contributed by atoms with Gasteiger partial charge in [-0.15, -0.1) is 0 Å². The minimum Gasteiger partial charge on any atom is -0.465 e. The predicted octanol–water partition coefficient (Wildman–Crippen LogP) is 3.24. The molecule has 29 heavy (non-hydrogen) atoms. The molecule has 0 radical (unpaired) electrons. The maximum Gasteiger partial charge on any atom is 0.319 e. The summed E-state index contributed by atoms with van der Waals surface area (Å²) >= 11 is 0. The van der Waals surface area contributed by atoms with E-state index in [2.05, 4.69) is 17.5 Å². The lowest BCUT2D eigenvalue weighted by molar-refractivity contribution is -0.157. The normalized spacial score (nSPS) is 22.6. The summed E-state index contributed by atoms with van der Waals surface area (Å²) in [5, 5.41) is 23.1. The van der Waals surface area contributed by atoms with E-state index in [4.69, 9.17) is 4.74 Å². The number of amides is 1. The Morgan fingerprint density at radius 2 is 1.59 bits per heavy atom. The summed E-state index contributed by atoms with van der Waals surface area (Å²) in [6, 6.07) is 21.1. The average Bonchev–Trinajstić information content (AvgIpc) is 2.78. The number of esters is 1. The number of rotatable bonds is 5. The topological polar surface area (TPSA) is 103 Å². The van der Waals surface area contributed by atoms with Crippen molar-refractivity contribution < 1.29 is 14.3 Å². The molecule has 2 aromatic rings. The molecular weight excluding hydrogens is 366 g/mol. The Hall–Kier alpha value is -3.64. The average molecular weight is 387 g/mol. The van der Waals surface area contributed by atoms with Gasteiger partial charge in [0.25, 0.3) is 0 Å². The van der Waals surface area contributed by atoms with Gasteiger partial charge in [0.05, 0.1) is 24.8 Å². The molecule has 1 heterocycles. The molecule has 1 saturated heterocycles. The number of benzene rings is 2. The smallest absolute Gasteiger partial charge is 0.319 e. The molecule has 0 spiro atoms. The molecule has 2 aromatic carbocycles. The predicted molar refractivity (Wildman–Crippen MR) is 105 cm³/mol. The number of hydrogen-bond donors (Lipinski definition) is 1. The van der Waals surface area contributed by atoms with Crippen LogP contribution in [-0.2, 0) is 14.3 Å². The maximum absolute atomic E-state index is 13.1. The zero-order valence-electron chi connectivity index (χ0n) is 16.0. The Morgan fingerprint density at radius 1 is 1.03 bits per heavy atom. The van der Waals surface area contributed by atoms with Crippen molar-refractivity contribution >= 4 is 11.9 Å². The van der Waals surface area contributed by atoms with Gasteiger partial charge in [-0.1, -0.05) is 67.6 Å². The van der Waals surface area contributed by atoms with Crippen LogP contribution >= 0.6 is 0 Å². The van der Waals surface area contributed by atoms with Gasteiger partial charge in [0.2, 0.25) is 5.91 Å². The van der Waals surface area contributed by atoms with Crippen molar-refractivity contribution in [3.05, 3.63) is 71.8 Å². The minimum absolute atomic E-state index is 0.165. The fourth-order valence-corrected chi connectivity index (χ4v) is 3.88. The van der Waals surface area contributed by atoms with Gasteiger partial charge in [0, 0.05) is 5.92 Å². The largest absolute Gasteiger partial charge is 0.465 e.